The molecule has 1 aromatic heterocycles. The minimum atomic E-state index is 0.147. The number of ether oxygens (including phenoxy) is 1. The number of rotatable bonds is 8. The molecule has 0 radical (unpaired) electrons. The van der Waals surface area contributed by atoms with Gasteiger partial charge in [-0.15, -0.1) is 5.10 Å². The molecular weight excluding hydrogens is 352 g/mol. The van der Waals surface area contributed by atoms with Crippen LogP contribution < -0.4 is 4.74 Å². The Balaban J connectivity index is 1.57. The van der Waals surface area contributed by atoms with Crippen molar-refractivity contribution in [2.24, 2.45) is 0 Å². The standard InChI is InChI=1S/C18H24N4O3S/c1-3-24-15-8-6-14(7-9-15)11-20(2)13-22-18(26)25-16(19-22)12-21-10-4-5-17(21)23/h6-9H,3-5,10-13H2,1-2H3. The predicted molar refractivity (Wildman–Crippen MR) is 99.1 cm³/mol. The zero-order valence-corrected chi connectivity index (χ0v) is 16.0. The van der Waals surface area contributed by atoms with Crippen LogP contribution in [0.15, 0.2) is 28.7 Å². The molecule has 0 N–H and O–H groups in total. The monoisotopic (exact) mass is 376 g/mol. The first kappa shape index (κ1) is 18.6. The maximum atomic E-state index is 11.7. The molecule has 8 heteroatoms. The molecule has 7 nitrogen and oxygen atoms in total. The van der Waals surface area contributed by atoms with Gasteiger partial charge in [0.25, 0.3) is 4.84 Å². The van der Waals surface area contributed by atoms with Gasteiger partial charge < -0.3 is 14.1 Å². The Morgan fingerprint density at radius 1 is 1.35 bits per heavy atom. The Morgan fingerprint density at radius 2 is 2.12 bits per heavy atom. The van der Waals surface area contributed by atoms with Gasteiger partial charge in [-0.3, -0.25) is 9.69 Å². The summed E-state index contributed by atoms with van der Waals surface area (Å²) < 4.78 is 12.7. The van der Waals surface area contributed by atoms with E-state index in [1.54, 1.807) is 9.58 Å². The van der Waals surface area contributed by atoms with E-state index in [4.69, 9.17) is 21.4 Å². The van der Waals surface area contributed by atoms with Crippen molar-refractivity contribution in [3.8, 4) is 5.75 Å². The number of benzene rings is 1. The first-order chi connectivity index (χ1) is 12.5. The van der Waals surface area contributed by atoms with E-state index < -0.39 is 0 Å². The lowest BCUT2D eigenvalue weighted by molar-refractivity contribution is -0.128. The second-order valence-electron chi connectivity index (χ2n) is 6.41. The highest BCUT2D eigenvalue weighted by atomic mass is 32.1. The summed E-state index contributed by atoms with van der Waals surface area (Å²) in [6, 6.07) is 8.04. The Labute approximate surface area is 158 Å². The third-order valence-electron chi connectivity index (χ3n) is 4.21. The van der Waals surface area contributed by atoms with Crippen LogP contribution in [0.4, 0.5) is 0 Å². The van der Waals surface area contributed by atoms with Crippen molar-refractivity contribution in [1.29, 1.82) is 0 Å². The fraction of sp³-hybridized carbons (Fsp3) is 0.500. The second-order valence-corrected chi connectivity index (χ2v) is 6.76. The second kappa shape index (κ2) is 8.46. The molecule has 3 rings (SSSR count). The van der Waals surface area contributed by atoms with Gasteiger partial charge in [0.2, 0.25) is 11.8 Å². The summed E-state index contributed by atoms with van der Waals surface area (Å²) in [4.78, 5) is 15.9. The summed E-state index contributed by atoms with van der Waals surface area (Å²) in [5, 5.41) is 4.42. The molecule has 26 heavy (non-hydrogen) atoms. The quantitative estimate of drug-likeness (QED) is 0.660. The lowest BCUT2D eigenvalue weighted by atomic mass is 10.2. The lowest BCUT2D eigenvalue weighted by Crippen LogP contribution is -2.25. The average molecular weight is 376 g/mol. The third kappa shape index (κ3) is 4.70. The maximum Gasteiger partial charge on any atom is 0.288 e. The molecule has 2 aromatic rings. The molecule has 0 bridgehead atoms. The van der Waals surface area contributed by atoms with Crippen molar-refractivity contribution in [2.45, 2.75) is 39.5 Å². The van der Waals surface area contributed by atoms with Crippen molar-refractivity contribution in [2.75, 3.05) is 20.2 Å². The molecular formula is C18H24N4O3S. The predicted octanol–water partition coefficient (Wildman–Crippen LogP) is 2.82. The van der Waals surface area contributed by atoms with E-state index in [9.17, 15) is 4.79 Å². The van der Waals surface area contributed by atoms with E-state index in [2.05, 4.69) is 10.00 Å². The van der Waals surface area contributed by atoms with Crippen molar-refractivity contribution in [1.82, 2.24) is 19.6 Å². The van der Waals surface area contributed by atoms with Crippen LogP contribution >= 0.6 is 12.2 Å². The zero-order valence-electron chi connectivity index (χ0n) is 15.2. The molecule has 0 spiro atoms. The SMILES string of the molecule is CCOc1ccc(CN(C)Cn2nc(CN3CCCC3=O)oc2=S)cc1. The van der Waals surface area contributed by atoms with Gasteiger partial charge in [0.15, 0.2) is 0 Å². The summed E-state index contributed by atoms with van der Waals surface area (Å²) in [6.07, 6.45) is 1.50. The number of hydrogen-bond acceptors (Lipinski definition) is 6. The van der Waals surface area contributed by atoms with Crippen LogP contribution in [-0.2, 0) is 24.6 Å². The molecule has 0 aliphatic carbocycles. The molecule has 0 atom stereocenters. The van der Waals surface area contributed by atoms with Gasteiger partial charge in [-0.2, -0.15) is 0 Å². The van der Waals surface area contributed by atoms with Crippen molar-refractivity contribution in [3.05, 3.63) is 40.6 Å². The van der Waals surface area contributed by atoms with Gasteiger partial charge in [-0.1, -0.05) is 12.1 Å². The molecule has 0 unspecified atom stereocenters. The van der Waals surface area contributed by atoms with Gasteiger partial charge >= 0.3 is 0 Å². The minimum absolute atomic E-state index is 0.147. The summed E-state index contributed by atoms with van der Waals surface area (Å²) in [5.74, 6) is 1.51. The average Bonchev–Trinajstić information content (AvgIpc) is 3.16. The number of likely N-dealkylation sites (tertiary alicyclic amines) is 1. The van der Waals surface area contributed by atoms with Gasteiger partial charge in [0.05, 0.1) is 19.8 Å². The summed E-state index contributed by atoms with van der Waals surface area (Å²) in [7, 11) is 2.00. The highest BCUT2D eigenvalue weighted by molar-refractivity contribution is 7.71. The van der Waals surface area contributed by atoms with Crippen LogP contribution in [0.5, 0.6) is 5.75 Å². The molecule has 1 aromatic carbocycles. The van der Waals surface area contributed by atoms with E-state index in [-0.39, 0.29) is 5.91 Å². The summed E-state index contributed by atoms with van der Waals surface area (Å²) >= 11 is 5.26. The van der Waals surface area contributed by atoms with Gasteiger partial charge in [0, 0.05) is 19.5 Å². The molecule has 1 fully saturated rings. The Kier molecular flexibility index (Phi) is 6.05. The molecule has 1 aliphatic rings. The van der Waals surface area contributed by atoms with E-state index in [1.807, 2.05) is 38.2 Å². The summed E-state index contributed by atoms with van der Waals surface area (Å²) in [5.41, 5.74) is 1.17. The number of nitrogens with zero attached hydrogens (tertiary/aromatic N) is 4. The number of aromatic nitrogens is 2. The Bertz CT molecular complexity index is 800. The molecule has 1 aliphatic heterocycles. The van der Waals surface area contributed by atoms with Gasteiger partial charge in [0.1, 0.15) is 5.75 Å². The molecule has 2 heterocycles. The fourth-order valence-electron chi connectivity index (χ4n) is 2.99. The highest BCUT2D eigenvalue weighted by Crippen LogP contribution is 2.15. The van der Waals surface area contributed by atoms with Crippen LogP contribution in [-0.4, -0.2) is 45.7 Å². The van der Waals surface area contributed by atoms with Gasteiger partial charge in [-0.05, 0) is 50.3 Å². The van der Waals surface area contributed by atoms with E-state index in [1.165, 1.54) is 5.56 Å². The van der Waals surface area contributed by atoms with E-state index >= 15 is 0 Å². The number of amides is 1. The Hall–Kier alpha value is -2.19. The van der Waals surface area contributed by atoms with E-state index in [0.29, 0.717) is 37.0 Å². The molecule has 1 amide bonds. The lowest BCUT2D eigenvalue weighted by Gasteiger charge is -2.16. The third-order valence-corrected chi connectivity index (χ3v) is 4.50. The van der Waals surface area contributed by atoms with Crippen LogP contribution in [0.3, 0.4) is 0 Å². The molecule has 0 saturated carbocycles. The smallest absolute Gasteiger partial charge is 0.288 e. The zero-order chi connectivity index (χ0) is 18.5. The number of carbonyl (C=O) groups excluding carboxylic acids is 1. The first-order valence-corrected chi connectivity index (χ1v) is 9.21. The van der Waals surface area contributed by atoms with Crippen LogP contribution in [0, 0.1) is 4.84 Å². The Morgan fingerprint density at radius 3 is 2.77 bits per heavy atom. The topological polar surface area (TPSA) is 63.7 Å². The first-order valence-electron chi connectivity index (χ1n) is 8.80. The van der Waals surface area contributed by atoms with Crippen LogP contribution in [0.25, 0.3) is 0 Å². The fourth-order valence-corrected chi connectivity index (χ4v) is 3.18. The molecule has 1 saturated heterocycles. The highest BCUT2D eigenvalue weighted by Gasteiger charge is 2.22. The number of hydrogen-bond donors (Lipinski definition) is 0. The molecule has 140 valence electrons. The van der Waals surface area contributed by atoms with Crippen LogP contribution in [0.2, 0.25) is 0 Å². The number of carbonyl (C=O) groups is 1. The van der Waals surface area contributed by atoms with Crippen LogP contribution in [0.1, 0.15) is 31.2 Å². The largest absolute Gasteiger partial charge is 0.494 e. The van der Waals surface area contributed by atoms with Crippen molar-refractivity contribution in [3.63, 3.8) is 0 Å². The summed E-state index contributed by atoms with van der Waals surface area (Å²) in [6.45, 7) is 5.04. The minimum Gasteiger partial charge on any atom is -0.494 e. The normalized spacial score (nSPS) is 14.4. The van der Waals surface area contributed by atoms with E-state index in [0.717, 1.165) is 25.3 Å². The maximum absolute atomic E-state index is 11.7. The van der Waals surface area contributed by atoms with Gasteiger partial charge in [-0.25, -0.2) is 4.68 Å². The van der Waals surface area contributed by atoms with Crippen molar-refractivity contribution >= 4 is 18.1 Å². The van der Waals surface area contributed by atoms with Crippen molar-refractivity contribution < 1.29 is 13.9 Å².